The van der Waals surface area contributed by atoms with Crippen LogP contribution in [0.2, 0.25) is 10.0 Å². The predicted molar refractivity (Wildman–Crippen MR) is 53.8 cm³/mol. The average molecular weight is 246 g/mol. The molecule has 0 radical (unpaired) electrons. The van der Waals surface area contributed by atoms with Gasteiger partial charge < -0.3 is 10.2 Å². The monoisotopic (exact) mass is 245 g/mol. The smallest absolute Gasteiger partial charge is 0.337 e. The Bertz CT molecular complexity index is 453. The lowest BCUT2D eigenvalue weighted by atomic mass is 10.1. The number of halogens is 2. The molecule has 1 rings (SSSR count). The first-order chi connectivity index (χ1) is 6.99. The van der Waals surface area contributed by atoms with Gasteiger partial charge >= 0.3 is 5.97 Å². The van der Waals surface area contributed by atoms with Crippen LogP contribution in [0, 0.1) is 11.3 Å². The number of carboxylic acid groups (broad SMARTS) is 1. The maximum absolute atomic E-state index is 10.5. The molecule has 0 saturated carbocycles. The third kappa shape index (κ3) is 2.21. The molecule has 0 aliphatic rings. The number of aliphatic hydroxyl groups is 1. The van der Waals surface area contributed by atoms with Gasteiger partial charge in [0, 0.05) is 5.56 Å². The van der Waals surface area contributed by atoms with Crippen molar-refractivity contribution in [2.75, 3.05) is 0 Å². The number of nitriles is 1. The number of rotatable bonds is 2. The van der Waals surface area contributed by atoms with Crippen LogP contribution in [-0.4, -0.2) is 16.2 Å². The second kappa shape index (κ2) is 4.49. The molecular weight excluding hydrogens is 241 g/mol. The van der Waals surface area contributed by atoms with E-state index in [1.165, 1.54) is 12.1 Å². The van der Waals surface area contributed by atoms with Crippen LogP contribution in [0.5, 0.6) is 0 Å². The number of benzene rings is 1. The maximum atomic E-state index is 10.5. The van der Waals surface area contributed by atoms with Gasteiger partial charge in [-0.15, -0.1) is 0 Å². The molecule has 0 bridgehead atoms. The van der Waals surface area contributed by atoms with Crippen molar-refractivity contribution in [1.29, 1.82) is 5.26 Å². The van der Waals surface area contributed by atoms with E-state index in [0.29, 0.717) is 0 Å². The zero-order chi connectivity index (χ0) is 11.6. The van der Waals surface area contributed by atoms with E-state index in [9.17, 15) is 9.90 Å². The summed E-state index contributed by atoms with van der Waals surface area (Å²) < 4.78 is 0. The van der Waals surface area contributed by atoms with E-state index in [-0.39, 0.29) is 21.2 Å². The van der Waals surface area contributed by atoms with Crippen LogP contribution < -0.4 is 0 Å². The van der Waals surface area contributed by atoms with E-state index in [4.69, 9.17) is 33.6 Å². The Morgan fingerprint density at radius 2 is 2.07 bits per heavy atom. The molecule has 1 unspecified atom stereocenters. The summed E-state index contributed by atoms with van der Waals surface area (Å²) in [5.74, 6) is -1.44. The van der Waals surface area contributed by atoms with Crippen LogP contribution in [0.15, 0.2) is 12.1 Å². The summed E-state index contributed by atoms with van der Waals surface area (Å²) in [6.07, 6.45) is -1.76. The normalized spacial score (nSPS) is 11.9. The SMILES string of the molecule is N#Cc1c(Cl)ccc(C(O)C(=O)O)c1Cl. The van der Waals surface area contributed by atoms with Gasteiger partial charge in [-0.05, 0) is 6.07 Å². The summed E-state index contributed by atoms with van der Waals surface area (Å²) in [6.45, 7) is 0. The molecule has 6 heteroatoms. The Morgan fingerprint density at radius 3 is 2.53 bits per heavy atom. The highest BCUT2D eigenvalue weighted by Crippen LogP contribution is 2.31. The average Bonchev–Trinajstić information content (AvgIpc) is 2.17. The Labute approximate surface area is 95.3 Å². The Kier molecular flexibility index (Phi) is 3.53. The molecular formula is C9H5Cl2NO3. The standard InChI is InChI=1S/C9H5Cl2NO3/c10-6-2-1-4(8(13)9(14)15)7(11)5(6)3-12/h1-2,8,13H,(H,14,15). The van der Waals surface area contributed by atoms with Gasteiger partial charge in [-0.1, -0.05) is 29.3 Å². The molecule has 78 valence electrons. The molecule has 0 aliphatic heterocycles. The van der Waals surface area contributed by atoms with Gasteiger partial charge in [0.1, 0.15) is 6.07 Å². The van der Waals surface area contributed by atoms with Crippen molar-refractivity contribution in [2.45, 2.75) is 6.10 Å². The second-order valence-electron chi connectivity index (χ2n) is 2.68. The summed E-state index contributed by atoms with van der Waals surface area (Å²) >= 11 is 11.4. The minimum Gasteiger partial charge on any atom is -0.479 e. The second-order valence-corrected chi connectivity index (χ2v) is 3.46. The lowest BCUT2D eigenvalue weighted by Gasteiger charge is -2.09. The molecule has 0 fully saturated rings. The van der Waals surface area contributed by atoms with Gasteiger partial charge in [0.05, 0.1) is 15.6 Å². The van der Waals surface area contributed by atoms with Gasteiger partial charge in [0.15, 0.2) is 6.10 Å². The molecule has 0 aromatic heterocycles. The van der Waals surface area contributed by atoms with E-state index < -0.39 is 12.1 Å². The van der Waals surface area contributed by atoms with Crippen LogP contribution >= 0.6 is 23.2 Å². The molecule has 0 saturated heterocycles. The van der Waals surface area contributed by atoms with Crippen LogP contribution in [0.25, 0.3) is 0 Å². The van der Waals surface area contributed by atoms with E-state index in [0.717, 1.165) is 0 Å². The Balaban J connectivity index is 3.35. The number of carboxylic acids is 1. The van der Waals surface area contributed by atoms with Crippen LogP contribution in [0.4, 0.5) is 0 Å². The summed E-state index contributed by atoms with van der Waals surface area (Å²) in [6, 6.07) is 4.31. The molecule has 15 heavy (non-hydrogen) atoms. The Hall–Kier alpha value is -1.28. The van der Waals surface area contributed by atoms with Gasteiger partial charge in [-0.2, -0.15) is 5.26 Å². The summed E-state index contributed by atoms with van der Waals surface area (Å²) in [5.41, 5.74) is -0.0961. The van der Waals surface area contributed by atoms with Crippen molar-refractivity contribution >= 4 is 29.2 Å². The highest BCUT2D eigenvalue weighted by molar-refractivity contribution is 6.37. The number of nitrogens with zero attached hydrogens (tertiary/aromatic N) is 1. The van der Waals surface area contributed by atoms with Crippen LogP contribution in [0.1, 0.15) is 17.2 Å². The van der Waals surface area contributed by atoms with Gasteiger partial charge in [0.2, 0.25) is 0 Å². The van der Waals surface area contributed by atoms with Gasteiger partial charge in [-0.25, -0.2) is 4.79 Å². The van der Waals surface area contributed by atoms with E-state index in [1.807, 2.05) is 0 Å². The number of aliphatic hydroxyl groups excluding tert-OH is 1. The minimum absolute atomic E-state index is 0.0452. The first-order valence-corrected chi connectivity index (χ1v) is 4.53. The molecule has 4 nitrogen and oxygen atoms in total. The van der Waals surface area contributed by atoms with Crippen molar-refractivity contribution in [2.24, 2.45) is 0 Å². The summed E-state index contributed by atoms with van der Waals surface area (Å²) in [7, 11) is 0. The molecule has 0 aliphatic carbocycles. The van der Waals surface area contributed by atoms with Gasteiger partial charge in [0.25, 0.3) is 0 Å². The van der Waals surface area contributed by atoms with Crippen LogP contribution in [0.3, 0.4) is 0 Å². The molecule has 1 atom stereocenters. The first-order valence-electron chi connectivity index (χ1n) is 3.78. The fraction of sp³-hybridized carbons (Fsp3) is 0.111. The third-order valence-electron chi connectivity index (χ3n) is 1.76. The van der Waals surface area contributed by atoms with E-state index in [1.54, 1.807) is 6.07 Å². The number of carbonyl (C=O) groups is 1. The van der Waals surface area contributed by atoms with Crippen molar-refractivity contribution in [3.05, 3.63) is 33.3 Å². The maximum Gasteiger partial charge on any atom is 0.337 e. The zero-order valence-electron chi connectivity index (χ0n) is 7.24. The highest BCUT2D eigenvalue weighted by Gasteiger charge is 2.21. The summed E-state index contributed by atoms with van der Waals surface area (Å²) in [5, 5.41) is 26.5. The topological polar surface area (TPSA) is 81.3 Å². The summed E-state index contributed by atoms with van der Waals surface area (Å²) in [4.78, 5) is 10.5. The molecule has 1 aromatic rings. The number of hydrogen-bond acceptors (Lipinski definition) is 3. The van der Waals surface area contributed by atoms with Crippen molar-refractivity contribution < 1.29 is 15.0 Å². The Morgan fingerprint density at radius 1 is 1.47 bits per heavy atom. The molecule has 1 aromatic carbocycles. The fourth-order valence-corrected chi connectivity index (χ4v) is 1.57. The van der Waals surface area contributed by atoms with Crippen molar-refractivity contribution in [3.8, 4) is 6.07 Å². The first kappa shape index (κ1) is 11.8. The molecule has 0 heterocycles. The molecule has 2 N–H and O–H groups in total. The lowest BCUT2D eigenvalue weighted by Crippen LogP contribution is -2.11. The van der Waals surface area contributed by atoms with Crippen molar-refractivity contribution in [3.63, 3.8) is 0 Å². The van der Waals surface area contributed by atoms with E-state index in [2.05, 4.69) is 0 Å². The van der Waals surface area contributed by atoms with E-state index >= 15 is 0 Å². The number of hydrogen-bond donors (Lipinski definition) is 2. The van der Waals surface area contributed by atoms with Crippen LogP contribution in [-0.2, 0) is 4.79 Å². The number of aliphatic carboxylic acids is 1. The quantitative estimate of drug-likeness (QED) is 0.835. The predicted octanol–water partition coefficient (Wildman–Crippen LogP) is 1.98. The fourth-order valence-electron chi connectivity index (χ4n) is 1.02. The molecule has 0 spiro atoms. The zero-order valence-corrected chi connectivity index (χ0v) is 8.75. The highest BCUT2D eigenvalue weighted by atomic mass is 35.5. The lowest BCUT2D eigenvalue weighted by molar-refractivity contribution is -0.146. The third-order valence-corrected chi connectivity index (χ3v) is 2.48. The van der Waals surface area contributed by atoms with Crippen molar-refractivity contribution in [1.82, 2.24) is 0 Å². The largest absolute Gasteiger partial charge is 0.479 e. The molecule has 0 amide bonds. The minimum atomic E-state index is -1.76. The van der Waals surface area contributed by atoms with Gasteiger partial charge in [-0.3, -0.25) is 0 Å².